The summed E-state index contributed by atoms with van der Waals surface area (Å²) in [4.78, 5) is 17.1. The van der Waals surface area contributed by atoms with Gasteiger partial charge in [-0.15, -0.1) is 0 Å². The molecule has 6 heteroatoms. The van der Waals surface area contributed by atoms with Crippen LogP contribution in [0.4, 0.5) is 22.9 Å². The molecule has 1 aliphatic rings. The third-order valence-electron chi connectivity index (χ3n) is 4.94. The fourth-order valence-corrected chi connectivity index (χ4v) is 4.77. The number of anilines is 4. The van der Waals surface area contributed by atoms with Gasteiger partial charge in [0.1, 0.15) is 5.76 Å². The van der Waals surface area contributed by atoms with Crippen molar-refractivity contribution in [2.45, 2.75) is 0 Å². The van der Waals surface area contributed by atoms with Crippen LogP contribution in [0.25, 0.3) is 6.08 Å². The van der Waals surface area contributed by atoms with Crippen molar-refractivity contribution in [1.29, 1.82) is 0 Å². The summed E-state index contributed by atoms with van der Waals surface area (Å²) < 4.78 is 6.67. The molecule has 1 aromatic heterocycles. The minimum absolute atomic E-state index is 0.146. The van der Waals surface area contributed by atoms with Crippen LogP contribution in [0.1, 0.15) is 5.76 Å². The molecule has 1 aliphatic heterocycles. The Morgan fingerprint density at radius 2 is 1.34 bits per heavy atom. The Kier molecular flexibility index (Phi) is 5.62. The first-order valence-corrected chi connectivity index (χ1v) is 11.3. The van der Waals surface area contributed by atoms with E-state index >= 15 is 0 Å². The summed E-state index contributed by atoms with van der Waals surface area (Å²) in [5.41, 5.74) is 2.72. The lowest BCUT2D eigenvalue weighted by Gasteiger charge is -2.22. The fraction of sp³-hybridized carbons (Fsp3) is 0. The third kappa shape index (κ3) is 3.98. The topological polar surface area (TPSA) is 36.7 Å². The molecule has 0 N–H and O–H groups in total. The van der Waals surface area contributed by atoms with Gasteiger partial charge in [-0.25, -0.2) is 0 Å². The zero-order valence-electron chi connectivity index (χ0n) is 16.9. The predicted molar refractivity (Wildman–Crippen MR) is 135 cm³/mol. The number of furan rings is 1. The highest BCUT2D eigenvalue weighted by Crippen LogP contribution is 2.38. The van der Waals surface area contributed by atoms with Gasteiger partial charge < -0.3 is 4.42 Å². The molecule has 0 aliphatic carbocycles. The number of benzene rings is 3. The summed E-state index contributed by atoms with van der Waals surface area (Å²) in [5.74, 6) is 1.10. The van der Waals surface area contributed by atoms with Crippen LogP contribution in [-0.4, -0.2) is 10.2 Å². The Labute approximate surface area is 195 Å². The van der Waals surface area contributed by atoms with E-state index in [9.17, 15) is 4.79 Å². The largest absolute Gasteiger partial charge is 0.440 e. The van der Waals surface area contributed by atoms with Crippen molar-refractivity contribution in [2.75, 3.05) is 9.80 Å². The maximum Gasteiger partial charge on any atom is 0.270 e. The number of rotatable bonds is 5. The number of hydrogen-bond acceptors (Lipinski definition) is 5. The Bertz CT molecular complexity index is 1250. The summed E-state index contributed by atoms with van der Waals surface area (Å²) in [6.07, 6.45) is 1.75. The van der Waals surface area contributed by atoms with Gasteiger partial charge in [-0.1, -0.05) is 78.6 Å². The van der Waals surface area contributed by atoms with Gasteiger partial charge in [-0.05, 0) is 42.5 Å². The van der Waals surface area contributed by atoms with E-state index in [1.54, 1.807) is 11.0 Å². The molecule has 5 rings (SSSR count). The van der Waals surface area contributed by atoms with Crippen LogP contribution in [-0.2, 0) is 4.79 Å². The molecular formula is C26H18N2O2S2. The number of carbonyl (C=O) groups is 1. The maximum atomic E-state index is 13.0. The molecule has 0 spiro atoms. The van der Waals surface area contributed by atoms with Crippen molar-refractivity contribution in [2.24, 2.45) is 0 Å². The monoisotopic (exact) mass is 454 g/mol. The lowest BCUT2D eigenvalue weighted by Crippen LogP contribution is -2.27. The van der Waals surface area contributed by atoms with Crippen LogP contribution in [0.15, 0.2) is 112 Å². The van der Waals surface area contributed by atoms with E-state index in [1.165, 1.54) is 11.8 Å². The molecule has 0 saturated carbocycles. The van der Waals surface area contributed by atoms with Gasteiger partial charge in [0.15, 0.2) is 4.32 Å². The first-order chi connectivity index (χ1) is 15.7. The molecule has 0 unspecified atom stereocenters. The number of nitrogens with zero attached hydrogens (tertiary/aromatic N) is 2. The first-order valence-electron chi connectivity index (χ1n) is 10.0. The normalized spacial score (nSPS) is 14.9. The van der Waals surface area contributed by atoms with Crippen LogP contribution in [0.2, 0.25) is 0 Å². The van der Waals surface area contributed by atoms with Crippen molar-refractivity contribution in [3.05, 3.63) is 114 Å². The Morgan fingerprint density at radius 1 is 0.781 bits per heavy atom. The van der Waals surface area contributed by atoms with Crippen molar-refractivity contribution in [3.8, 4) is 0 Å². The number of amides is 1. The van der Waals surface area contributed by atoms with Crippen LogP contribution in [0.3, 0.4) is 0 Å². The second-order valence-corrected chi connectivity index (χ2v) is 8.71. The number of thiocarbonyl (C=S) groups is 1. The molecule has 0 bridgehead atoms. The average Bonchev–Trinajstić information content (AvgIpc) is 3.40. The van der Waals surface area contributed by atoms with E-state index in [4.69, 9.17) is 16.6 Å². The Hall–Kier alpha value is -3.61. The van der Waals surface area contributed by atoms with Gasteiger partial charge in [0, 0.05) is 23.5 Å². The standard InChI is InChI=1S/C26H18N2O2S2/c29-25-23(32-26(31)28(25)21-14-8-3-9-15-21)18-22-16-17-24(30-22)27(19-10-4-1-5-11-19)20-12-6-2-7-13-20/h1-18H/b23-18-. The predicted octanol–water partition coefficient (Wildman–Crippen LogP) is 7.16. The van der Waals surface area contributed by atoms with Crippen molar-refractivity contribution < 1.29 is 9.21 Å². The van der Waals surface area contributed by atoms with Crippen LogP contribution < -0.4 is 9.80 Å². The minimum atomic E-state index is -0.146. The lowest BCUT2D eigenvalue weighted by molar-refractivity contribution is -0.113. The zero-order valence-corrected chi connectivity index (χ0v) is 18.6. The summed E-state index contributed by atoms with van der Waals surface area (Å²) >= 11 is 6.73. The van der Waals surface area contributed by atoms with Gasteiger partial charge in [-0.3, -0.25) is 14.6 Å². The van der Waals surface area contributed by atoms with Gasteiger partial charge in [-0.2, -0.15) is 0 Å². The summed E-state index contributed by atoms with van der Waals surface area (Å²) in [7, 11) is 0. The molecule has 2 heterocycles. The van der Waals surface area contributed by atoms with Crippen LogP contribution in [0.5, 0.6) is 0 Å². The van der Waals surface area contributed by atoms with E-state index in [1.807, 2.05) is 108 Å². The van der Waals surface area contributed by atoms with Crippen molar-refractivity contribution in [3.63, 3.8) is 0 Å². The lowest BCUT2D eigenvalue weighted by atomic mass is 10.2. The second-order valence-electron chi connectivity index (χ2n) is 7.04. The quantitative estimate of drug-likeness (QED) is 0.236. The molecule has 32 heavy (non-hydrogen) atoms. The minimum Gasteiger partial charge on any atom is -0.440 e. The fourth-order valence-electron chi connectivity index (χ4n) is 3.49. The zero-order chi connectivity index (χ0) is 21.9. The average molecular weight is 455 g/mol. The number of hydrogen-bond donors (Lipinski definition) is 0. The number of para-hydroxylation sites is 3. The molecule has 4 nitrogen and oxygen atoms in total. The molecule has 1 amide bonds. The van der Waals surface area contributed by atoms with Crippen LogP contribution in [0, 0.1) is 0 Å². The van der Waals surface area contributed by atoms with Crippen molar-refractivity contribution >= 4 is 63.2 Å². The SMILES string of the molecule is O=C1/C(=C/c2ccc(N(c3ccccc3)c3ccccc3)o2)SC(=S)N1c1ccccc1. The summed E-state index contributed by atoms with van der Waals surface area (Å²) in [6.45, 7) is 0. The molecule has 0 radical (unpaired) electrons. The molecule has 1 saturated heterocycles. The van der Waals surface area contributed by atoms with E-state index in [-0.39, 0.29) is 5.91 Å². The highest BCUT2D eigenvalue weighted by atomic mass is 32.2. The molecule has 0 atom stereocenters. The molecule has 1 fully saturated rings. The van der Waals surface area contributed by atoms with E-state index in [0.717, 1.165) is 17.1 Å². The molecular weight excluding hydrogens is 436 g/mol. The maximum absolute atomic E-state index is 13.0. The van der Waals surface area contributed by atoms with Crippen LogP contribution >= 0.6 is 24.0 Å². The number of thioether (sulfide) groups is 1. The highest BCUT2D eigenvalue weighted by Gasteiger charge is 2.33. The molecule has 156 valence electrons. The smallest absolute Gasteiger partial charge is 0.270 e. The van der Waals surface area contributed by atoms with E-state index in [2.05, 4.69) is 0 Å². The molecule has 3 aromatic carbocycles. The van der Waals surface area contributed by atoms with Gasteiger partial charge >= 0.3 is 0 Å². The third-order valence-corrected chi connectivity index (χ3v) is 6.25. The Balaban J connectivity index is 1.47. The van der Waals surface area contributed by atoms with E-state index < -0.39 is 0 Å². The Morgan fingerprint density at radius 3 is 1.94 bits per heavy atom. The molecule has 4 aromatic rings. The van der Waals surface area contributed by atoms with Gasteiger partial charge in [0.2, 0.25) is 5.88 Å². The van der Waals surface area contributed by atoms with Gasteiger partial charge in [0.25, 0.3) is 5.91 Å². The second kappa shape index (κ2) is 8.86. The van der Waals surface area contributed by atoms with E-state index in [0.29, 0.717) is 20.9 Å². The van der Waals surface area contributed by atoms with Crippen molar-refractivity contribution in [1.82, 2.24) is 0 Å². The number of carbonyl (C=O) groups excluding carboxylic acids is 1. The highest BCUT2D eigenvalue weighted by molar-refractivity contribution is 8.27. The summed E-state index contributed by atoms with van der Waals surface area (Å²) in [6, 6.07) is 33.2. The summed E-state index contributed by atoms with van der Waals surface area (Å²) in [5, 5.41) is 0. The van der Waals surface area contributed by atoms with Gasteiger partial charge in [0.05, 0.1) is 10.6 Å². The first kappa shape index (κ1) is 20.3.